The molecule has 8 nitrogen and oxygen atoms in total. The highest BCUT2D eigenvalue weighted by atomic mass is 16.2. The molecule has 8 heteroatoms. The number of imide groups is 1. The molecule has 8 bridgehead atoms. The third kappa shape index (κ3) is 6.40. The molecule has 7 heterocycles. The summed E-state index contributed by atoms with van der Waals surface area (Å²) in [5.74, 6) is -1.49. The van der Waals surface area contributed by atoms with Crippen molar-refractivity contribution < 1.29 is 9.59 Å². The van der Waals surface area contributed by atoms with Gasteiger partial charge in [-0.25, -0.2) is 14.9 Å². The average molecular weight is 843 g/mol. The van der Waals surface area contributed by atoms with Crippen LogP contribution in [0.3, 0.4) is 0 Å². The molecule has 2 amide bonds. The zero-order chi connectivity index (χ0) is 43.6. The monoisotopic (exact) mass is 842 g/mol. The van der Waals surface area contributed by atoms with Crippen LogP contribution < -0.4 is 4.90 Å². The average Bonchev–Trinajstić information content (AvgIpc) is 4.23. The van der Waals surface area contributed by atoms with E-state index in [1.165, 1.54) is 4.90 Å². The Balaban J connectivity index is 1.22. The van der Waals surface area contributed by atoms with Crippen molar-refractivity contribution in [2.24, 2.45) is 11.8 Å². The van der Waals surface area contributed by atoms with Crippen molar-refractivity contribution in [3.63, 3.8) is 0 Å². The van der Waals surface area contributed by atoms with E-state index in [9.17, 15) is 9.59 Å². The summed E-state index contributed by atoms with van der Waals surface area (Å²) in [6.45, 7) is 0.438. The summed E-state index contributed by atoms with van der Waals surface area (Å²) in [7, 11) is 2.03. The number of amides is 2. The molecule has 2 N–H and O–H groups in total. The second kappa shape index (κ2) is 15.6. The highest BCUT2D eigenvalue weighted by molar-refractivity contribution is 6.23. The maximum Gasteiger partial charge on any atom is 0.239 e. The Morgan fingerprint density at radius 1 is 0.477 bits per heavy atom. The SMILES string of the molecule is CN1C[C@H]2C(=O)N(c3ccccc3)C(=O)[C@H]2[C@H]1C1=Cc2nc1c(-c1ccccc1)c1ccc([nH]1)c(-c1ccccc1)c1nc(c(-c3ccccc3)c3ccc([nH]3)c2-c2ccccc2)C=C1. The van der Waals surface area contributed by atoms with Gasteiger partial charge in [-0.1, -0.05) is 140 Å². The van der Waals surface area contributed by atoms with Gasteiger partial charge in [0.25, 0.3) is 0 Å². The van der Waals surface area contributed by atoms with Gasteiger partial charge in [-0.05, 0) is 89.5 Å². The number of para-hydroxylation sites is 1. The second-order valence-corrected chi connectivity index (χ2v) is 17.1. The van der Waals surface area contributed by atoms with Crippen LogP contribution in [0.25, 0.3) is 90.4 Å². The number of aromatic amines is 2. The van der Waals surface area contributed by atoms with E-state index in [1.54, 1.807) is 0 Å². The number of carbonyl (C=O) groups is 2. The lowest BCUT2D eigenvalue weighted by atomic mass is 9.85. The molecule has 2 saturated heterocycles. The van der Waals surface area contributed by atoms with Crippen LogP contribution in [0.2, 0.25) is 0 Å². The number of nitrogens with one attached hydrogen (secondary N) is 2. The van der Waals surface area contributed by atoms with Gasteiger partial charge in [0.15, 0.2) is 0 Å². The minimum atomic E-state index is -0.621. The molecule has 8 aromatic rings. The van der Waals surface area contributed by atoms with Crippen molar-refractivity contribution in [2.45, 2.75) is 6.04 Å². The molecule has 0 aliphatic carbocycles. The molecule has 0 spiro atoms. The van der Waals surface area contributed by atoms with Crippen LogP contribution in [0.5, 0.6) is 0 Å². The van der Waals surface area contributed by atoms with Gasteiger partial charge >= 0.3 is 0 Å². The van der Waals surface area contributed by atoms with Crippen molar-refractivity contribution in [2.75, 3.05) is 18.5 Å². The lowest BCUT2D eigenvalue weighted by Gasteiger charge is -2.27. The molecule has 4 aliphatic heterocycles. The third-order valence-electron chi connectivity index (χ3n) is 13.3. The predicted octanol–water partition coefficient (Wildman–Crippen LogP) is 11.8. The number of aromatic nitrogens is 4. The van der Waals surface area contributed by atoms with Crippen LogP contribution in [-0.4, -0.2) is 56.3 Å². The minimum Gasteiger partial charge on any atom is -0.354 e. The lowest BCUT2D eigenvalue weighted by molar-refractivity contribution is -0.123. The predicted molar refractivity (Wildman–Crippen MR) is 262 cm³/mol. The normalized spacial score (nSPS) is 18.0. The van der Waals surface area contributed by atoms with Gasteiger partial charge in [-0.2, -0.15) is 0 Å². The molecular weight excluding hydrogens is 801 g/mol. The van der Waals surface area contributed by atoms with E-state index < -0.39 is 17.9 Å². The van der Waals surface area contributed by atoms with Gasteiger partial charge in [0.2, 0.25) is 11.8 Å². The van der Waals surface area contributed by atoms with Crippen molar-refractivity contribution in [1.29, 1.82) is 0 Å². The number of hydrogen-bond acceptors (Lipinski definition) is 5. The van der Waals surface area contributed by atoms with E-state index in [0.717, 1.165) is 94.9 Å². The van der Waals surface area contributed by atoms with Crippen LogP contribution in [0.4, 0.5) is 5.69 Å². The van der Waals surface area contributed by atoms with Crippen molar-refractivity contribution in [3.8, 4) is 44.5 Å². The fourth-order valence-corrected chi connectivity index (χ4v) is 10.4. The van der Waals surface area contributed by atoms with E-state index in [1.807, 2.05) is 85.9 Å². The maximum absolute atomic E-state index is 14.8. The number of hydrogen-bond donors (Lipinski definition) is 2. The molecule has 2 fully saturated rings. The lowest BCUT2D eigenvalue weighted by Crippen LogP contribution is -2.39. The third-order valence-corrected chi connectivity index (χ3v) is 13.3. The second-order valence-electron chi connectivity index (χ2n) is 17.1. The van der Waals surface area contributed by atoms with Gasteiger partial charge in [0.05, 0.1) is 40.3 Å². The first-order valence-electron chi connectivity index (χ1n) is 22.0. The minimum absolute atomic E-state index is 0.164. The van der Waals surface area contributed by atoms with Gasteiger partial charge < -0.3 is 9.97 Å². The molecule has 0 saturated carbocycles. The number of nitrogens with zero attached hydrogens (tertiary/aromatic N) is 4. The Morgan fingerprint density at radius 3 is 1.37 bits per heavy atom. The molecule has 3 atom stereocenters. The first kappa shape index (κ1) is 38.5. The molecule has 0 unspecified atom stereocenters. The molecule has 4 aliphatic rings. The zero-order valence-corrected chi connectivity index (χ0v) is 35.5. The van der Waals surface area contributed by atoms with E-state index in [-0.39, 0.29) is 11.8 Å². The number of carbonyl (C=O) groups excluding carboxylic acids is 2. The van der Waals surface area contributed by atoms with Gasteiger partial charge in [0, 0.05) is 56.9 Å². The number of fused-ring (bicyclic) bond motifs is 9. The Hall–Kier alpha value is -8.20. The topological polar surface area (TPSA) is 98.0 Å². The van der Waals surface area contributed by atoms with Crippen LogP contribution >= 0.6 is 0 Å². The van der Waals surface area contributed by atoms with Crippen LogP contribution in [0.15, 0.2) is 176 Å². The standard InChI is InChI=1S/C57H42N6O2/c1-62-34-41-53(57(65)63(56(41)64)39-25-15-6-16-26-39)55(62)40-33-48-51(37-21-11-4-12-22-37)46-30-29-44(59-46)49(35-17-7-2-8-18-35)42-27-28-43(58-42)50(36-19-9-3-10-20-36)45-31-32-47(60-45)52(54(40)61-48)38-23-13-5-14-24-38/h2-33,41,53,55,59-60H,34H2,1H3/t41-,53-,55-/m1/s1. The number of anilines is 1. The quantitative estimate of drug-likeness (QED) is 0.163. The molecule has 12 rings (SSSR count). The van der Waals surface area contributed by atoms with E-state index in [2.05, 4.69) is 130 Å². The van der Waals surface area contributed by atoms with E-state index >= 15 is 0 Å². The summed E-state index contributed by atoms with van der Waals surface area (Å²) in [4.78, 5) is 51.6. The molecule has 3 aromatic heterocycles. The molecule has 0 radical (unpaired) electrons. The Bertz CT molecular complexity index is 3410. The Labute approximate surface area is 375 Å². The zero-order valence-electron chi connectivity index (χ0n) is 35.5. The molecule has 312 valence electrons. The summed E-state index contributed by atoms with van der Waals surface area (Å²) < 4.78 is 0. The first-order chi connectivity index (χ1) is 32.0. The van der Waals surface area contributed by atoms with E-state index in [4.69, 9.17) is 9.97 Å². The van der Waals surface area contributed by atoms with Crippen LogP contribution in [0, 0.1) is 11.8 Å². The van der Waals surface area contributed by atoms with Crippen LogP contribution in [0.1, 0.15) is 22.8 Å². The first-order valence-corrected chi connectivity index (χ1v) is 22.0. The molecular formula is C57H42N6O2. The van der Waals surface area contributed by atoms with Crippen molar-refractivity contribution in [3.05, 3.63) is 199 Å². The van der Waals surface area contributed by atoms with Crippen LogP contribution in [-0.2, 0) is 9.59 Å². The smallest absolute Gasteiger partial charge is 0.239 e. The summed E-state index contributed by atoms with van der Waals surface area (Å²) in [6, 6.07) is 58.8. The fraction of sp³-hybridized carbons (Fsp3) is 0.0877. The Morgan fingerprint density at radius 2 is 0.892 bits per heavy atom. The largest absolute Gasteiger partial charge is 0.354 e. The highest BCUT2D eigenvalue weighted by Crippen LogP contribution is 2.48. The van der Waals surface area contributed by atoms with Gasteiger partial charge in [-0.3, -0.25) is 14.5 Å². The number of H-pyrrole nitrogens is 2. The van der Waals surface area contributed by atoms with Gasteiger partial charge in [0.1, 0.15) is 0 Å². The molecule has 5 aromatic carbocycles. The van der Waals surface area contributed by atoms with Gasteiger partial charge in [-0.15, -0.1) is 0 Å². The van der Waals surface area contributed by atoms with Crippen molar-refractivity contribution >= 4 is 63.4 Å². The van der Waals surface area contributed by atoms with E-state index in [0.29, 0.717) is 12.2 Å². The molecule has 65 heavy (non-hydrogen) atoms. The maximum atomic E-state index is 14.8. The Kier molecular flexibility index (Phi) is 9.21. The fourth-order valence-electron chi connectivity index (χ4n) is 10.4. The summed E-state index contributed by atoms with van der Waals surface area (Å²) in [5, 5.41) is 0. The number of likely N-dealkylation sites (N-methyl/N-ethyl adjacent to an activating group) is 1. The summed E-state index contributed by atoms with van der Waals surface area (Å²) in [6.07, 6.45) is 6.40. The summed E-state index contributed by atoms with van der Waals surface area (Å²) >= 11 is 0. The number of benzene rings is 5. The number of rotatable bonds is 6. The summed E-state index contributed by atoms with van der Waals surface area (Å²) in [5.41, 5.74) is 16.0. The highest BCUT2D eigenvalue weighted by Gasteiger charge is 2.58. The number of likely N-dealkylation sites (tertiary alicyclic amines) is 1. The van der Waals surface area contributed by atoms with Crippen molar-refractivity contribution in [1.82, 2.24) is 24.8 Å².